The fourth-order valence-electron chi connectivity index (χ4n) is 1.95. The maximum absolute atomic E-state index is 12.1. The highest BCUT2D eigenvalue weighted by Gasteiger charge is 2.06. The average molecular weight is 369 g/mol. The maximum atomic E-state index is 12.1. The lowest BCUT2D eigenvalue weighted by Crippen LogP contribution is -2.11. The standard InChI is InChI=1S/C18H13BrN2O2/c19-14-5-3-13(4-6-14)18(22)21-15-7-9-16(10-8-15)23-17-2-1-11-20-12-17/h1-12H,(H,21,22). The lowest BCUT2D eigenvalue weighted by Gasteiger charge is -2.08. The number of aromatic nitrogens is 1. The van der Waals surface area contributed by atoms with E-state index in [1.54, 1.807) is 48.8 Å². The van der Waals surface area contributed by atoms with Crippen molar-refractivity contribution in [3.63, 3.8) is 0 Å². The van der Waals surface area contributed by atoms with Gasteiger partial charge >= 0.3 is 0 Å². The van der Waals surface area contributed by atoms with E-state index in [4.69, 9.17) is 4.74 Å². The van der Waals surface area contributed by atoms with Gasteiger partial charge in [-0.25, -0.2) is 0 Å². The van der Waals surface area contributed by atoms with Crippen LogP contribution < -0.4 is 10.1 Å². The number of halogens is 1. The minimum Gasteiger partial charge on any atom is -0.456 e. The number of nitrogens with zero attached hydrogens (tertiary/aromatic N) is 1. The second-order valence-corrected chi connectivity index (χ2v) is 5.69. The summed E-state index contributed by atoms with van der Waals surface area (Å²) in [5.41, 5.74) is 1.31. The third kappa shape index (κ3) is 4.17. The molecule has 0 atom stereocenters. The Kier molecular flexibility index (Phi) is 4.68. The van der Waals surface area contributed by atoms with Crippen molar-refractivity contribution in [2.75, 3.05) is 5.32 Å². The van der Waals surface area contributed by atoms with Gasteiger partial charge in [-0.1, -0.05) is 15.9 Å². The first-order valence-corrected chi connectivity index (χ1v) is 7.75. The molecule has 3 rings (SSSR count). The summed E-state index contributed by atoms with van der Waals surface area (Å²) in [7, 11) is 0. The number of pyridine rings is 1. The van der Waals surface area contributed by atoms with Crippen molar-refractivity contribution < 1.29 is 9.53 Å². The number of carbonyl (C=O) groups is 1. The fraction of sp³-hybridized carbons (Fsp3) is 0. The normalized spacial score (nSPS) is 10.1. The summed E-state index contributed by atoms with van der Waals surface area (Å²) >= 11 is 3.35. The molecule has 3 aromatic rings. The van der Waals surface area contributed by atoms with E-state index in [2.05, 4.69) is 26.2 Å². The molecule has 5 heteroatoms. The summed E-state index contributed by atoms with van der Waals surface area (Å²) in [5, 5.41) is 2.85. The monoisotopic (exact) mass is 368 g/mol. The van der Waals surface area contributed by atoms with Gasteiger partial charge in [0.1, 0.15) is 11.5 Å². The summed E-state index contributed by atoms with van der Waals surface area (Å²) in [6.07, 6.45) is 3.33. The topological polar surface area (TPSA) is 51.2 Å². The van der Waals surface area contributed by atoms with Crippen molar-refractivity contribution in [2.24, 2.45) is 0 Å². The molecule has 0 fully saturated rings. The number of hydrogen-bond acceptors (Lipinski definition) is 3. The van der Waals surface area contributed by atoms with Crippen LogP contribution in [0.4, 0.5) is 5.69 Å². The number of ether oxygens (including phenoxy) is 1. The third-order valence-electron chi connectivity index (χ3n) is 3.09. The second kappa shape index (κ2) is 7.07. The third-order valence-corrected chi connectivity index (χ3v) is 3.62. The van der Waals surface area contributed by atoms with Crippen molar-refractivity contribution in [3.8, 4) is 11.5 Å². The molecule has 0 radical (unpaired) electrons. The zero-order chi connectivity index (χ0) is 16.1. The summed E-state index contributed by atoms with van der Waals surface area (Å²) in [6, 6.07) is 18.0. The first-order valence-electron chi connectivity index (χ1n) is 6.95. The molecule has 1 aromatic heterocycles. The molecule has 2 aromatic carbocycles. The molecule has 0 unspecified atom stereocenters. The van der Waals surface area contributed by atoms with Gasteiger partial charge in [-0.05, 0) is 60.7 Å². The summed E-state index contributed by atoms with van der Waals surface area (Å²) in [5.74, 6) is 1.19. The lowest BCUT2D eigenvalue weighted by atomic mass is 10.2. The van der Waals surface area contributed by atoms with Crippen molar-refractivity contribution in [3.05, 3.63) is 83.1 Å². The van der Waals surface area contributed by atoms with Gasteiger partial charge in [-0.3, -0.25) is 9.78 Å². The molecule has 1 heterocycles. The zero-order valence-corrected chi connectivity index (χ0v) is 13.7. The number of anilines is 1. The minimum atomic E-state index is -0.154. The summed E-state index contributed by atoms with van der Waals surface area (Å²) < 4.78 is 6.59. The van der Waals surface area contributed by atoms with Gasteiger partial charge in [-0.15, -0.1) is 0 Å². The number of benzene rings is 2. The first kappa shape index (κ1) is 15.2. The quantitative estimate of drug-likeness (QED) is 0.713. The van der Waals surface area contributed by atoms with E-state index in [1.807, 2.05) is 24.3 Å². The van der Waals surface area contributed by atoms with Crippen LogP contribution in [0.5, 0.6) is 11.5 Å². The largest absolute Gasteiger partial charge is 0.456 e. The molecule has 1 amide bonds. The van der Waals surface area contributed by atoms with Gasteiger partial charge < -0.3 is 10.1 Å². The van der Waals surface area contributed by atoms with Crippen LogP contribution in [-0.2, 0) is 0 Å². The second-order valence-electron chi connectivity index (χ2n) is 4.78. The first-order chi connectivity index (χ1) is 11.2. The molecule has 0 saturated carbocycles. The molecule has 0 aliphatic heterocycles. The molecule has 0 spiro atoms. The molecule has 0 saturated heterocycles. The van der Waals surface area contributed by atoms with Gasteiger partial charge in [0.2, 0.25) is 0 Å². The Balaban J connectivity index is 1.65. The van der Waals surface area contributed by atoms with E-state index in [0.29, 0.717) is 22.7 Å². The molecule has 0 bridgehead atoms. The molecule has 1 N–H and O–H groups in total. The van der Waals surface area contributed by atoms with Crippen LogP contribution in [0.25, 0.3) is 0 Å². The zero-order valence-electron chi connectivity index (χ0n) is 12.1. The van der Waals surface area contributed by atoms with E-state index in [-0.39, 0.29) is 5.91 Å². The van der Waals surface area contributed by atoms with Crippen molar-refractivity contribution in [2.45, 2.75) is 0 Å². The Bertz CT molecular complexity index is 788. The Morgan fingerprint density at radius 1 is 0.957 bits per heavy atom. The number of carbonyl (C=O) groups excluding carboxylic acids is 1. The highest BCUT2D eigenvalue weighted by molar-refractivity contribution is 9.10. The molecular formula is C18H13BrN2O2. The van der Waals surface area contributed by atoms with Gasteiger partial charge in [0.15, 0.2) is 0 Å². The van der Waals surface area contributed by atoms with Crippen LogP contribution >= 0.6 is 15.9 Å². The Labute approximate surface area is 142 Å². The summed E-state index contributed by atoms with van der Waals surface area (Å²) in [4.78, 5) is 16.1. The van der Waals surface area contributed by atoms with Crippen molar-refractivity contribution in [1.29, 1.82) is 0 Å². The number of amides is 1. The van der Waals surface area contributed by atoms with Crippen LogP contribution in [0.1, 0.15) is 10.4 Å². The van der Waals surface area contributed by atoms with Crippen molar-refractivity contribution in [1.82, 2.24) is 4.98 Å². The number of nitrogens with one attached hydrogen (secondary N) is 1. The fourth-order valence-corrected chi connectivity index (χ4v) is 2.22. The lowest BCUT2D eigenvalue weighted by molar-refractivity contribution is 0.102. The molecule has 23 heavy (non-hydrogen) atoms. The molecular weight excluding hydrogens is 356 g/mol. The number of rotatable bonds is 4. The van der Waals surface area contributed by atoms with Crippen molar-refractivity contribution >= 4 is 27.5 Å². The van der Waals surface area contributed by atoms with Gasteiger partial charge in [0.25, 0.3) is 5.91 Å². The highest BCUT2D eigenvalue weighted by atomic mass is 79.9. The van der Waals surface area contributed by atoms with E-state index >= 15 is 0 Å². The number of hydrogen-bond donors (Lipinski definition) is 1. The molecule has 0 aliphatic carbocycles. The van der Waals surface area contributed by atoms with E-state index in [1.165, 1.54) is 0 Å². The van der Waals surface area contributed by atoms with Gasteiger partial charge in [-0.2, -0.15) is 0 Å². The highest BCUT2D eigenvalue weighted by Crippen LogP contribution is 2.22. The smallest absolute Gasteiger partial charge is 0.255 e. The van der Waals surface area contributed by atoms with E-state index < -0.39 is 0 Å². The minimum absolute atomic E-state index is 0.154. The summed E-state index contributed by atoms with van der Waals surface area (Å²) in [6.45, 7) is 0. The predicted octanol–water partition coefficient (Wildman–Crippen LogP) is 4.89. The van der Waals surface area contributed by atoms with E-state index in [0.717, 1.165) is 4.47 Å². The molecule has 4 nitrogen and oxygen atoms in total. The van der Waals surface area contributed by atoms with Gasteiger partial charge in [0, 0.05) is 21.9 Å². The van der Waals surface area contributed by atoms with E-state index in [9.17, 15) is 4.79 Å². The van der Waals surface area contributed by atoms with Crippen LogP contribution in [0.3, 0.4) is 0 Å². The molecule has 0 aliphatic rings. The molecule has 114 valence electrons. The Morgan fingerprint density at radius 3 is 2.35 bits per heavy atom. The Morgan fingerprint density at radius 2 is 1.70 bits per heavy atom. The average Bonchev–Trinajstić information content (AvgIpc) is 2.58. The SMILES string of the molecule is O=C(Nc1ccc(Oc2cccnc2)cc1)c1ccc(Br)cc1. The predicted molar refractivity (Wildman–Crippen MR) is 92.8 cm³/mol. The van der Waals surface area contributed by atoms with Crippen LogP contribution in [0.2, 0.25) is 0 Å². The Hall–Kier alpha value is -2.66. The van der Waals surface area contributed by atoms with Crippen LogP contribution in [0, 0.1) is 0 Å². The maximum Gasteiger partial charge on any atom is 0.255 e. The van der Waals surface area contributed by atoms with Gasteiger partial charge in [0.05, 0.1) is 6.20 Å². The van der Waals surface area contributed by atoms with Crippen LogP contribution in [0.15, 0.2) is 77.5 Å². The van der Waals surface area contributed by atoms with Crippen LogP contribution in [-0.4, -0.2) is 10.9 Å².